The molecule has 108 valence electrons. The van der Waals surface area contributed by atoms with Crippen LogP contribution in [-0.4, -0.2) is 22.1 Å². The van der Waals surface area contributed by atoms with E-state index < -0.39 is 5.82 Å². The number of hydrogen-bond donors (Lipinski definition) is 2. The van der Waals surface area contributed by atoms with Gasteiger partial charge >= 0.3 is 0 Å². The summed E-state index contributed by atoms with van der Waals surface area (Å²) in [6.45, 7) is 0. The summed E-state index contributed by atoms with van der Waals surface area (Å²) in [5.74, 6) is 0.0494. The van der Waals surface area contributed by atoms with Crippen molar-refractivity contribution in [2.45, 2.75) is 18.9 Å². The summed E-state index contributed by atoms with van der Waals surface area (Å²) in [5, 5.41) is 9.26. The summed E-state index contributed by atoms with van der Waals surface area (Å²) in [6, 6.07) is 9.68. The molecule has 3 rings (SSSR count). The van der Waals surface area contributed by atoms with E-state index in [0.717, 1.165) is 12.8 Å². The minimum atomic E-state index is -0.480. The van der Waals surface area contributed by atoms with Crippen LogP contribution in [0.2, 0.25) is 0 Å². The summed E-state index contributed by atoms with van der Waals surface area (Å²) >= 11 is 0. The molecule has 0 bridgehead atoms. The Morgan fingerprint density at radius 3 is 2.81 bits per heavy atom. The van der Waals surface area contributed by atoms with E-state index in [0.29, 0.717) is 5.56 Å². The Hall–Kier alpha value is -2.47. The van der Waals surface area contributed by atoms with Gasteiger partial charge in [-0.05, 0) is 37.1 Å². The maximum atomic E-state index is 13.7. The van der Waals surface area contributed by atoms with Gasteiger partial charge in [-0.1, -0.05) is 12.1 Å². The Morgan fingerprint density at radius 2 is 2.10 bits per heavy atom. The van der Waals surface area contributed by atoms with Crippen LogP contribution >= 0.6 is 0 Å². The number of nitrogens with one attached hydrogen (secondary N) is 1. The third-order valence-electron chi connectivity index (χ3n) is 3.03. The molecular weight excluding hydrogens is 273 g/mol. The Balaban J connectivity index is 1.94. The molecule has 0 unspecified atom stereocenters. The van der Waals surface area contributed by atoms with Gasteiger partial charge in [0, 0.05) is 6.20 Å². The highest BCUT2D eigenvalue weighted by atomic mass is 19.1. The van der Waals surface area contributed by atoms with Gasteiger partial charge in [0.1, 0.15) is 0 Å². The van der Waals surface area contributed by atoms with Crippen LogP contribution in [-0.2, 0) is 0 Å². The van der Waals surface area contributed by atoms with E-state index in [1.165, 1.54) is 18.3 Å². The van der Waals surface area contributed by atoms with Gasteiger partial charge in [-0.3, -0.25) is 15.7 Å². The molecule has 1 aromatic carbocycles. The van der Waals surface area contributed by atoms with Crippen molar-refractivity contribution >= 4 is 5.84 Å². The Bertz CT molecular complexity index is 671. The Morgan fingerprint density at radius 1 is 1.29 bits per heavy atom. The summed E-state index contributed by atoms with van der Waals surface area (Å²) < 4.78 is 19.2. The van der Waals surface area contributed by atoms with E-state index in [4.69, 9.17) is 4.74 Å². The molecule has 0 radical (unpaired) electrons. The number of ether oxygens (including phenoxy) is 1. The van der Waals surface area contributed by atoms with Crippen LogP contribution in [0.4, 0.5) is 4.39 Å². The highest BCUT2D eigenvalue weighted by Crippen LogP contribution is 2.28. The zero-order valence-corrected chi connectivity index (χ0v) is 11.2. The van der Waals surface area contributed by atoms with E-state index >= 15 is 0 Å². The molecule has 6 heteroatoms. The third-order valence-corrected chi connectivity index (χ3v) is 3.03. The Kier molecular flexibility index (Phi) is 3.79. The van der Waals surface area contributed by atoms with E-state index in [2.05, 4.69) is 15.5 Å². The van der Waals surface area contributed by atoms with Gasteiger partial charge in [-0.15, -0.1) is 0 Å². The van der Waals surface area contributed by atoms with Crippen LogP contribution in [0.5, 0.6) is 11.6 Å². The normalized spacial score (nSPS) is 14.9. The molecule has 0 saturated heterocycles. The number of halogens is 1. The maximum Gasteiger partial charge on any atom is 0.230 e. The van der Waals surface area contributed by atoms with Crippen LogP contribution in [0.15, 0.2) is 47.6 Å². The fourth-order valence-corrected chi connectivity index (χ4v) is 1.83. The van der Waals surface area contributed by atoms with Gasteiger partial charge in [-0.2, -0.15) is 0 Å². The first-order chi connectivity index (χ1) is 10.3. The monoisotopic (exact) mass is 287 g/mol. The lowest BCUT2D eigenvalue weighted by Gasteiger charge is -2.11. The minimum absolute atomic E-state index is 0.0705. The molecule has 5 nitrogen and oxygen atoms in total. The van der Waals surface area contributed by atoms with Crippen molar-refractivity contribution in [1.82, 2.24) is 10.5 Å². The van der Waals surface area contributed by atoms with Crippen molar-refractivity contribution in [3.8, 4) is 11.6 Å². The van der Waals surface area contributed by atoms with Gasteiger partial charge in [0.25, 0.3) is 0 Å². The second-order valence-electron chi connectivity index (χ2n) is 4.71. The van der Waals surface area contributed by atoms with Crippen molar-refractivity contribution in [2.75, 3.05) is 0 Å². The molecule has 1 aromatic heterocycles. The lowest BCUT2D eigenvalue weighted by molar-refractivity contribution is 0.234. The van der Waals surface area contributed by atoms with Crippen LogP contribution in [0, 0.1) is 5.82 Å². The summed E-state index contributed by atoms with van der Waals surface area (Å²) in [6.07, 6.45) is 3.52. The summed E-state index contributed by atoms with van der Waals surface area (Å²) in [7, 11) is 0. The fourth-order valence-electron chi connectivity index (χ4n) is 1.83. The number of amidine groups is 1. The molecule has 1 saturated carbocycles. The lowest BCUT2D eigenvalue weighted by atomic mass is 10.2. The number of hydroxylamine groups is 1. The quantitative estimate of drug-likeness (QED) is 0.515. The summed E-state index contributed by atoms with van der Waals surface area (Å²) in [5.41, 5.74) is 2.55. The molecule has 0 amide bonds. The van der Waals surface area contributed by atoms with Gasteiger partial charge < -0.3 is 4.74 Å². The molecule has 21 heavy (non-hydrogen) atoms. The third kappa shape index (κ3) is 3.17. The van der Waals surface area contributed by atoms with Crippen LogP contribution in [0.25, 0.3) is 0 Å². The number of para-hydroxylation sites is 1. The van der Waals surface area contributed by atoms with Crippen molar-refractivity contribution in [3.63, 3.8) is 0 Å². The lowest BCUT2D eigenvalue weighted by Crippen LogP contribution is -2.22. The molecule has 2 aromatic rings. The fraction of sp³-hybridized carbons (Fsp3) is 0.200. The summed E-state index contributed by atoms with van der Waals surface area (Å²) in [4.78, 5) is 8.43. The maximum absolute atomic E-state index is 13.7. The molecule has 2 N–H and O–H groups in total. The first-order valence-electron chi connectivity index (χ1n) is 6.63. The van der Waals surface area contributed by atoms with E-state index in [1.807, 2.05) is 0 Å². The molecule has 0 spiro atoms. The number of rotatable bonds is 4. The number of aromatic nitrogens is 1. The molecule has 1 fully saturated rings. The van der Waals surface area contributed by atoms with Gasteiger partial charge in [-0.25, -0.2) is 9.37 Å². The van der Waals surface area contributed by atoms with Crippen molar-refractivity contribution in [3.05, 3.63) is 54.0 Å². The second-order valence-corrected chi connectivity index (χ2v) is 4.71. The number of aliphatic imine (C=N–C) groups is 1. The predicted octanol–water partition coefficient (Wildman–Crippen LogP) is 2.90. The van der Waals surface area contributed by atoms with Crippen molar-refractivity contribution in [1.29, 1.82) is 0 Å². The Labute approximate surface area is 121 Å². The smallest absolute Gasteiger partial charge is 0.230 e. The SMILES string of the molecule is ONC(=NC1CC1)c1cccnc1Oc1ccccc1F. The number of hydrogen-bond acceptors (Lipinski definition) is 4. The number of benzene rings is 1. The molecule has 0 aliphatic heterocycles. The number of nitrogens with zero attached hydrogens (tertiary/aromatic N) is 2. The second kappa shape index (κ2) is 5.88. The molecule has 1 heterocycles. The van der Waals surface area contributed by atoms with Crippen molar-refractivity contribution in [2.24, 2.45) is 4.99 Å². The minimum Gasteiger partial charge on any atom is -0.435 e. The van der Waals surface area contributed by atoms with Gasteiger partial charge in [0.15, 0.2) is 17.4 Å². The molecule has 1 aliphatic carbocycles. The average Bonchev–Trinajstić information content (AvgIpc) is 3.32. The van der Waals surface area contributed by atoms with Gasteiger partial charge in [0.05, 0.1) is 11.6 Å². The van der Waals surface area contributed by atoms with Gasteiger partial charge in [0.2, 0.25) is 5.88 Å². The average molecular weight is 287 g/mol. The topological polar surface area (TPSA) is 66.7 Å². The van der Waals surface area contributed by atoms with E-state index in [1.54, 1.807) is 24.3 Å². The standard InChI is InChI=1S/C15H14FN3O2/c16-12-5-1-2-6-13(12)21-15-11(4-3-9-17-15)14(19-20)18-10-7-8-10/h1-6,9-10,20H,7-8H2,(H,18,19). The van der Waals surface area contributed by atoms with Crippen LogP contribution < -0.4 is 10.2 Å². The highest BCUT2D eigenvalue weighted by molar-refractivity contribution is 6.00. The molecule has 0 atom stereocenters. The van der Waals surface area contributed by atoms with E-state index in [9.17, 15) is 9.60 Å². The van der Waals surface area contributed by atoms with E-state index in [-0.39, 0.29) is 23.5 Å². The van der Waals surface area contributed by atoms with Crippen LogP contribution in [0.3, 0.4) is 0 Å². The zero-order chi connectivity index (χ0) is 14.7. The molecule has 1 aliphatic rings. The highest BCUT2D eigenvalue weighted by Gasteiger charge is 2.23. The predicted molar refractivity (Wildman–Crippen MR) is 75.2 cm³/mol. The molecular formula is C15H14FN3O2. The zero-order valence-electron chi connectivity index (χ0n) is 11.2. The first-order valence-corrected chi connectivity index (χ1v) is 6.63. The first kappa shape index (κ1) is 13.5. The largest absolute Gasteiger partial charge is 0.435 e. The van der Waals surface area contributed by atoms with Crippen LogP contribution in [0.1, 0.15) is 18.4 Å². The number of pyridine rings is 1. The van der Waals surface area contributed by atoms with Crippen molar-refractivity contribution < 1.29 is 14.3 Å².